The molecule has 0 unspecified atom stereocenters. The van der Waals surface area contributed by atoms with Crippen LogP contribution in [0.1, 0.15) is 10.4 Å². The van der Waals surface area contributed by atoms with Gasteiger partial charge < -0.3 is 9.47 Å². The first kappa shape index (κ1) is 14.3. The van der Waals surface area contributed by atoms with Gasteiger partial charge in [0.2, 0.25) is 0 Å². The van der Waals surface area contributed by atoms with Gasteiger partial charge in [-0.25, -0.2) is 13.6 Å². The van der Waals surface area contributed by atoms with Crippen LogP contribution in [0.4, 0.5) is 8.78 Å². The van der Waals surface area contributed by atoms with Crippen LogP contribution in [0.3, 0.4) is 0 Å². The van der Waals surface area contributed by atoms with Gasteiger partial charge >= 0.3 is 5.97 Å². The number of esters is 1. The highest BCUT2D eigenvalue weighted by molar-refractivity contribution is 6.31. The van der Waals surface area contributed by atoms with Crippen molar-refractivity contribution in [1.29, 1.82) is 0 Å². The van der Waals surface area contributed by atoms with E-state index in [9.17, 15) is 13.6 Å². The van der Waals surface area contributed by atoms with Gasteiger partial charge in [-0.15, -0.1) is 0 Å². The molecule has 2 rings (SSSR count). The van der Waals surface area contributed by atoms with Crippen LogP contribution in [0, 0.1) is 11.6 Å². The monoisotopic (exact) mass is 298 g/mol. The van der Waals surface area contributed by atoms with Crippen molar-refractivity contribution in [2.75, 3.05) is 7.11 Å². The highest BCUT2D eigenvalue weighted by atomic mass is 35.5. The Balaban J connectivity index is 2.40. The van der Waals surface area contributed by atoms with Crippen molar-refractivity contribution >= 4 is 17.6 Å². The smallest absolute Gasteiger partial charge is 0.341 e. The lowest BCUT2D eigenvalue weighted by Gasteiger charge is -2.10. The summed E-state index contributed by atoms with van der Waals surface area (Å²) in [6.07, 6.45) is 0. The zero-order valence-corrected chi connectivity index (χ0v) is 11.1. The summed E-state index contributed by atoms with van der Waals surface area (Å²) in [6, 6.07) is 6.96. The van der Waals surface area contributed by atoms with Crippen molar-refractivity contribution in [2.45, 2.75) is 0 Å². The summed E-state index contributed by atoms with van der Waals surface area (Å²) >= 11 is 5.79. The molecule has 0 bridgehead atoms. The first-order valence-corrected chi connectivity index (χ1v) is 5.89. The van der Waals surface area contributed by atoms with Gasteiger partial charge in [0.05, 0.1) is 7.11 Å². The Labute approximate surface area is 118 Å². The predicted octanol–water partition coefficient (Wildman–Crippen LogP) is 4.20. The number of hydrogen-bond acceptors (Lipinski definition) is 3. The van der Waals surface area contributed by atoms with Crippen molar-refractivity contribution in [3.8, 4) is 11.5 Å². The summed E-state index contributed by atoms with van der Waals surface area (Å²) in [5.41, 5.74) is 0.0599. The Morgan fingerprint density at radius 3 is 2.35 bits per heavy atom. The minimum absolute atomic E-state index is 0.0599. The normalized spacial score (nSPS) is 10.2. The molecule has 2 aromatic rings. The molecule has 0 spiro atoms. The largest absolute Gasteiger partial charge is 0.465 e. The molecule has 0 aliphatic carbocycles. The number of methoxy groups -OCH3 is 1. The first-order valence-electron chi connectivity index (χ1n) is 5.51. The molecule has 0 aliphatic heterocycles. The molecular formula is C14H9ClF2O3. The third-order valence-electron chi connectivity index (χ3n) is 2.41. The Morgan fingerprint density at radius 1 is 1.10 bits per heavy atom. The molecular weight excluding hydrogens is 290 g/mol. The molecule has 3 nitrogen and oxygen atoms in total. The lowest BCUT2D eigenvalue weighted by Crippen LogP contribution is -2.03. The zero-order chi connectivity index (χ0) is 14.7. The molecule has 0 amide bonds. The highest BCUT2D eigenvalue weighted by Crippen LogP contribution is 2.29. The topological polar surface area (TPSA) is 35.5 Å². The van der Waals surface area contributed by atoms with E-state index in [1.807, 2.05) is 0 Å². The van der Waals surface area contributed by atoms with Crippen LogP contribution >= 0.6 is 11.6 Å². The van der Waals surface area contributed by atoms with Gasteiger partial charge in [-0.1, -0.05) is 11.6 Å². The number of halogens is 3. The van der Waals surface area contributed by atoms with E-state index in [1.165, 1.54) is 25.3 Å². The SMILES string of the molecule is COC(=O)c1cc(Cl)ccc1Oc1cc(F)cc(F)c1. The van der Waals surface area contributed by atoms with E-state index in [-0.39, 0.29) is 17.1 Å². The summed E-state index contributed by atoms with van der Waals surface area (Å²) in [4.78, 5) is 11.6. The Morgan fingerprint density at radius 2 is 1.75 bits per heavy atom. The van der Waals surface area contributed by atoms with Gasteiger partial charge in [-0.3, -0.25) is 0 Å². The van der Waals surface area contributed by atoms with Gasteiger partial charge in [0.25, 0.3) is 0 Å². The molecule has 20 heavy (non-hydrogen) atoms. The first-order chi connectivity index (χ1) is 9.49. The van der Waals surface area contributed by atoms with Crippen LogP contribution in [0.25, 0.3) is 0 Å². The molecule has 0 aliphatic rings. The molecule has 0 heterocycles. The Bertz CT molecular complexity index is 639. The second-order valence-electron chi connectivity index (χ2n) is 3.84. The summed E-state index contributed by atoms with van der Waals surface area (Å²) in [5.74, 6) is -2.22. The second kappa shape index (κ2) is 5.88. The molecule has 104 valence electrons. The average molecular weight is 299 g/mol. The van der Waals surface area contributed by atoms with Crippen molar-refractivity contribution in [3.05, 3.63) is 58.6 Å². The van der Waals surface area contributed by atoms with Crippen LogP contribution in [-0.4, -0.2) is 13.1 Å². The molecule has 6 heteroatoms. The van der Waals surface area contributed by atoms with Gasteiger partial charge in [-0.05, 0) is 18.2 Å². The van der Waals surface area contributed by atoms with E-state index in [2.05, 4.69) is 4.74 Å². The number of benzene rings is 2. The standard InChI is InChI=1S/C14H9ClF2O3/c1-19-14(18)12-4-8(15)2-3-13(12)20-11-6-9(16)5-10(17)7-11/h2-7H,1H3. The minimum Gasteiger partial charge on any atom is -0.465 e. The van der Waals surface area contributed by atoms with Gasteiger partial charge in [0.1, 0.15) is 28.7 Å². The van der Waals surface area contributed by atoms with Crippen molar-refractivity contribution in [2.24, 2.45) is 0 Å². The third kappa shape index (κ3) is 3.24. The van der Waals surface area contributed by atoms with Crippen molar-refractivity contribution in [1.82, 2.24) is 0 Å². The summed E-state index contributed by atoms with van der Waals surface area (Å²) in [5, 5.41) is 0.308. The van der Waals surface area contributed by atoms with Crippen LogP contribution < -0.4 is 4.74 Å². The molecule has 0 radical (unpaired) electrons. The number of rotatable bonds is 3. The van der Waals surface area contributed by atoms with E-state index in [4.69, 9.17) is 16.3 Å². The maximum absolute atomic E-state index is 13.1. The molecule has 0 atom stereocenters. The quantitative estimate of drug-likeness (QED) is 0.797. The van der Waals surface area contributed by atoms with E-state index in [0.29, 0.717) is 5.02 Å². The van der Waals surface area contributed by atoms with Gasteiger partial charge in [-0.2, -0.15) is 0 Å². The van der Waals surface area contributed by atoms with Crippen LogP contribution in [-0.2, 0) is 4.74 Å². The molecule has 0 saturated carbocycles. The maximum atomic E-state index is 13.1. The van der Waals surface area contributed by atoms with E-state index < -0.39 is 17.6 Å². The molecule has 0 fully saturated rings. The minimum atomic E-state index is -0.784. The fourth-order valence-corrected chi connectivity index (χ4v) is 1.75. The molecule has 2 aromatic carbocycles. The predicted molar refractivity (Wildman–Crippen MR) is 69.2 cm³/mol. The van der Waals surface area contributed by atoms with Crippen LogP contribution in [0.5, 0.6) is 11.5 Å². The Kier molecular flexibility index (Phi) is 4.20. The third-order valence-corrected chi connectivity index (χ3v) is 2.65. The van der Waals surface area contributed by atoms with Crippen LogP contribution in [0.2, 0.25) is 5.02 Å². The lowest BCUT2D eigenvalue weighted by atomic mass is 10.2. The summed E-state index contributed by atoms with van der Waals surface area (Å²) < 4.78 is 36.1. The number of ether oxygens (including phenoxy) is 2. The van der Waals surface area contributed by atoms with Crippen LogP contribution in [0.15, 0.2) is 36.4 Å². The number of carbonyl (C=O) groups excluding carboxylic acids is 1. The number of hydrogen-bond donors (Lipinski definition) is 0. The van der Waals surface area contributed by atoms with Crippen molar-refractivity contribution < 1.29 is 23.0 Å². The molecule has 0 aromatic heterocycles. The highest BCUT2D eigenvalue weighted by Gasteiger charge is 2.15. The average Bonchev–Trinajstić information content (AvgIpc) is 2.38. The summed E-state index contributed by atoms with van der Waals surface area (Å²) in [6.45, 7) is 0. The fraction of sp³-hybridized carbons (Fsp3) is 0.0714. The maximum Gasteiger partial charge on any atom is 0.341 e. The van der Waals surface area contributed by atoms with Crippen molar-refractivity contribution in [3.63, 3.8) is 0 Å². The lowest BCUT2D eigenvalue weighted by molar-refractivity contribution is 0.0598. The second-order valence-corrected chi connectivity index (χ2v) is 4.28. The molecule has 0 N–H and O–H groups in total. The zero-order valence-electron chi connectivity index (χ0n) is 10.3. The van der Waals surface area contributed by atoms with E-state index in [0.717, 1.165) is 18.2 Å². The fourth-order valence-electron chi connectivity index (χ4n) is 1.58. The van der Waals surface area contributed by atoms with E-state index in [1.54, 1.807) is 0 Å². The van der Waals surface area contributed by atoms with E-state index >= 15 is 0 Å². The number of carbonyl (C=O) groups is 1. The molecule has 0 saturated heterocycles. The van der Waals surface area contributed by atoms with Gasteiger partial charge in [0.15, 0.2) is 0 Å². The summed E-state index contributed by atoms with van der Waals surface area (Å²) in [7, 11) is 1.20. The van der Waals surface area contributed by atoms with Gasteiger partial charge in [0, 0.05) is 23.2 Å². The Hall–Kier alpha value is -2.14.